The Balaban J connectivity index is 1.33. The summed E-state index contributed by atoms with van der Waals surface area (Å²) in [5.41, 5.74) is 5.11. The van der Waals surface area contributed by atoms with Crippen LogP contribution >= 0.6 is 11.6 Å². The number of anilines is 2. The van der Waals surface area contributed by atoms with Gasteiger partial charge in [-0.2, -0.15) is 10.2 Å². The van der Waals surface area contributed by atoms with Crippen LogP contribution in [0.5, 0.6) is 0 Å². The highest BCUT2D eigenvalue weighted by Crippen LogP contribution is 2.42. The smallest absolute Gasteiger partial charge is 0.232 e. The zero-order valence-corrected chi connectivity index (χ0v) is 20.1. The van der Waals surface area contributed by atoms with E-state index in [1.165, 1.54) is 11.1 Å². The van der Waals surface area contributed by atoms with Crippen LogP contribution in [0.4, 0.5) is 11.4 Å². The number of rotatable bonds is 5. The van der Waals surface area contributed by atoms with Crippen molar-refractivity contribution >= 4 is 34.8 Å². The number of carbonyl (C=O) groups is 2. The molecule has 0 N–H and O–H groups in total. The zero-order chi connectivity index (χ0) is 23.9. The van der Waals surface area contributed by atoms with Gasteiger partial charge >= 0.3 is 0 Å². The molecular weight excluding hydrogens is 448 g/mol. The Morgan fingerprint density at radius 3 is 2.68 bits per heavy atom. The minimum atomic E-state index is -0.368. The number of amides is 2. The summed E-state index contributed by atoms with van der Waals surface area (Å²) < 4.78 is 0. The molecule has 2 aliphatic heterocycles. The molecule has 0 saturated carbocycles. The summed E-state index contributed by atoms with van der Waals surface area (Å²) in [6, 6.07) is 15.6. The Hall–Kier alpha value is -3.25. The van der Waals surface area contributed by atoms with Crippen LogP contribution in [0.3, 0.4) is 0 Å². The van der Waals surface area contributed by atoms with Gasteiger partial charge in [0.25, 0.3) is 0 Å². The van der Waals surface area contributed by atoms with Crippen molar-refractivity contribution in [3.8, 4) is 0 Å². The number of hydrogen-bond acceptors (Lipinski definition) is 4. The van der Waals surface area contributed by atoms with Crippen LogP contribution in [0.1, 0.15) is 37.0 Å². The van der Waals surface area contributed by atoms with E-state index in [4.69, 9.17) is 11.6 Å². The highest BCUT2D eigenvalue weighted by Gasteiger charge is 2.43. The molecule has 7 heteroatoms. The number of aryl methyl sites for hydroxylation is 2. The van der Waals surface area contributed by atoms with Gasteiger partial charge in [0.1, 0.15) is 0 Å². The molecule has 1 unspecified atom stereocenters. The standard InChI is InChI=1S/C27H27ClN4O2/c1-27(2)17-32(24-9-8-18(12-23(24)27)6-7-19-10-11-29-30-15-19)26(34)20-13-25(33)31(16-20)22-5-3-4-21(28)14-22/h3-5,8-12,14-15,20H,6-7,13,16-17H2,1-2H3. The first-order valence-corrected chi connectivity index (χ1v) is 12.0. The summed E-state index contributed by atoms with van der Waals surface area (Å²) in [6.45, 7) is 5.34. The van der Waals surface area contributed by atoms with Gasteiger partial charge in [-0.1, -0.05) is 43.6 Å². The minimum Gasteiger partial charge on any atom is -0.312 e. The first kappa shape index (κ1) is 22.5. The van der Waals surface area contributed by atoms with E-state index < -0.39 is 0 Å². The third-order valence-electron chi connectivity index (χ3n) is 6.84. The van der Waals surface area contributed by atoms with Crippen molar-refractivity contribution in [3.63, 3.8) is 0 Å². The third-order valence-corrected chi connectivity index (χ3v) is 7.08. The number of hydrogen-bond donors (Lipinski definition) is 0. The van der Waals surface area contributed by atoms with Gasteiger partial charge in [0.05, 0.1) is 12.1 Å². The zero-order valence-electron chi connectivity index (χ0n) is 19.4. The largest absolute Gasteiger partial charge is 0.312 e. The fraction of sp³-hybridized carbons (Fsp3) is 0.333. The monoisotopic (exact) mass is 474 g/mol. The van der Waals surface area contributed by atoms with E-state index in [0.29, 0.717) is 18.1 Å². The maximum Gasteiger partial charge on any atom is 0.232 e. The molecule has 1 saturated heterocycles. The lowest BCUT2D eigenvalue weighted by Crippen LogP contribution is -2.39. The van der Waals surface area contributed by atoms with Crippen molar-refractivity contribution in [1.82, 2.24) is 10.2 Å². The number of nitrogens with zero attached hydrogens (tertiary/aromatic N) is 4. The molecule has 0 bridgehead atoms. The fourth-order valence-electron chi connectivity index (χ4n) is 5.02. The molecule has 174 valence electrons. The maximum atomic E-state index is 13.6. The second-order valence-corrected chi connectivity index (χ2v) is 10.2. The first-order valence-electron chi connectivity index (χ1n) is 11.6. The lowest BCUT2D eigenvalue weighted by atomic mass is 9.85. The fourth-order valence-corrected chi connectivity index (χ4v) is 5.20. The molecule has 0 radical (unpaired) electrons. The molecule has 2 amide bonds. The van der Waals surface area contributed by atoms with Gasteiger partial charge in [0.2, 0.25) is 11.8 Å². The molecule has 2 aliphatic rings. The summed E-state index contributed by atoms with van der Waals surface area (Å²) in [5, 5.41) is 8.36. The summed E-state index contributed by atoms with van der Waals surface area (Å²) >= 11 is 6.11. The lowest BCUT2D eigenvalue weighted by molar-refractivity contribution is -0.124. The molecule has 34 heavy (non-hydrogen) atoms. The molecule has 1 fully saturated rings. The number of halogens is 1. The molecule has 6 nitrogen and oxygen atoms in total. The summed E-state index contributed by atoms with van der Waals surface area (Å²) in [6.07, 6.45) is 5.52. The summed E-state index contributed by atoms with van der Waals surface area (Å²) in [7, 11) is 0. The molecule has 3 aromatic rings. The quantitative estimate of drug-likeness (QED) is 0.542. The molecule has 5 rings (SSSR count). The highest BCUT2D eigenvalue weighted by atomic mass is 35.5. The molecule has 2 aromatic carbocycles. The minimum absolute atomic E-state index is 0.0142. The van der Waals surface area contributed by atoms with E-state index in [1.54, 1.807) is 29.4 Å². The Labute approximate surface area is 204 Å². The summed E-state index contributed by atoms with van der Waals surface area (Å²) in [4.78, 5) is 29.9. The maximum absolute atomic E-state index is 13.6. The van der Waals surface area contributed by atoms with E-state index in [-0.39, 0.29) is 29.6 Å². The van der Waals surface area contributed by atoms with Crippen molar-refractivity contribution < 1.29 is 9.59 Å². The third kappa shape index (κ3) is 4.30. The average Bonchev–Trinajstić information content (AvgIpc) is 3.35. The van der Waals surface area contributed by atoms with Gasteiger partial charge in [0.15, 0.2) is 0 Å². The van der Waals surface area contributed by atoms with E-state index in [1.807, 2.05) is 23.1 Å². The molecule has 1 atom stereocenters. The van der Waals surface area contributed by atoms with Crippen molar-refractivity contribution in [1.29, 1.82) is 0 Å². The van der Waals surface area contributed by atoms with Crippen LogP contribution in [0.2, 0.25) is 5.02 Å². The number of carbonyl (C=O) groups excluding carboxylic acids is 2. The predicted octanol–water partition coefficient (Wildman–Crippen LogP) is 4.59. The van der Waals surface area contributed by atoms with E-state index in [2.05, 4.69) is 42.2 Å². The van der Waals surface area contributed by atoms with Gasteiger partial charge in [-0.3, -0.25) is 9.59 Å². The van der Waals surface area contributed by atoms with Crippen LogP contribution in [0.15, 0.2) is 60.9 Å². The molecule has 1 aromatic heterocycles. The number of benzene rings is 2. The molecule has 0 aliphatic carbocycles. The highest BCUT2D eigenvalue weighted by molar-refractivity contribution is 6.31. The Morgan fingerprint density at radius 2 is 1.91 bits per heavy atom. The second-order valence-electron chi connectivity index (χ2n) is 9.80. The van der Waals surface area contributed by atoms with Crippen molar-refractivity contribution in [2.24, 2.45) is 5.92 Å². The van der Waals surface area contributed by atoms with Crippen molar-refractivity contribution in [2.45, 2.75) is 38.5 Å². The van der Waals surface area contributed by atoms with Gasteiger partial charge in [-0.05, 0) is 59.9 Å². The van der Waals surface area contributed by atoms with Crippen LogP contribution in [0.25, 0.3) is 0 Å². The van der Waals surface area contributed by atoms with Crippen LogP contribution in [0, 0.1) is 5.92 Å². The molecular formula is C27H27ClN4O2. The SMILES string of the molecule is CC1(C)CN(C(=O)C2CC(=O)N(c3cccc(Cl)c3)C2)c2ccc(CCc3ccnnc3)cc21. The van der Waals surface area contributed by atoms with Crippen LogP contribution in [-0.4, -0.2) is 35.1 Å². The van der Waals surface area contributed by atoms with Gasteiger partial charge in [-0.15, -0.1) is 0 Å². The Kier molecular flexibility index (Phi) is 5.86. The predicted molar refractivity (Wildman–Crippen MR) is 133 cm³/mol. The first-order chi connectivity index (χ1) is 16.3. The van der Waals surface area contributed by atoms with Crippen LogP contribution < -0.4 is 9.80 Å². The van der Waals surface area contributed by atoms with E-state index >= 15 is 0 Å². The lowest BCUT2D eigenvalue weighted by Gasteiger charge is -2.23. The number of aromatic nitrogens is 2. The average molecular weight is 475 g/mol. The molecule has 3 heterocycles. The summed E-state index contributed by atoms with van der Waals surface area (Å²) in [5.74, 6) is -0.396. The normalized spacial score (nSPS) is 18.9. The van der Waals surface area contributed by atoms with Gasteiger partial charge in [-0.25, -0.2) is 0 Å². The van der Waals surface area contributed by atoms with Gasteiger partial charge < -0.3 is 9.80 Å². The van der Waals surface area contributed by atoms with E-state index in [0.717, 1.165) is 29.8 Å². The Bertz CT molecular complexity index is 1240. The van der Waals surface area contributed by atoms with Crippen molar-refractivity contribution in [3.05, 3.63) is 82.6 Å². The van der Waals surface area contributed by atoms with Crippen molar-refractivity contribution in [2.75, 3.05) is 22.9 Å². The second kappa shape index (κ2) is 8.84. The Morgan fingerprint density at radius 1 is 1.09 bits per heavy atom. The number of fused-ring (bicyclic) bond motifs is 1. The molecule has 0 spiro atoms. The van der Waals surface area contributed by atoms with Crippen LogP contribution in [-0.2, 0) is 27.8 Å². The topological polar surface area (TPSA) is 66.4 Å². The van der Waals surface area contributed by atoms with E-state index in [9.17, 15) is 9.59 Å². The van der Waals surface area contributed by atoms with Gasteiger partial charge in [0, 0.05) is 47.5 Å².